The first-order valence-electron chi connectivity index (χ1n) is 12.8. The number of carboxylic acid groups (broad SMARTS) is 1. The van der Waals surface area contributed by atoms with Crippen LogP contribution in [0.3, 0.4) is 0 Å². The Morgan fingerprint density at radius 1 is 1.24 bits per heavy atom. The molecule has 0 unspecified atom stereocenters. The summed E-state index contributed by atoms with van der Waals surface area (Å²) in [7, 11) is 1.64. The van der Waals surface area contributed by atoms with Crippen molar-refractivity contribution in [3.63, 3.8) is 0 Å². The number of aromatic nitrogens is 1. The molecule has 2 atom stereocenters. The number of nitrogens with zero attached hydrogens (tertiary/aromatic N) is 2. The maximum absolute atomic E-state index is 13.7. The Kier molecular flexibility index (Phi) is 8.93. The fraction of sp³-hybridized carbons (Fsp3) is 0.367. The zero-order valence-electron chi connectivity index (χ0n) is 21.7. The minimum atomic E-state index is -0.787. The Balaban J connectivity index is 1.36. The molecule has 4 rings (SSSR count). The third-order valence-electron chi connectivity index (χ3n) is 7.04. The highest BCUT2D eigenvalue weighted by Gasteiger charge is 2.33. The van der Waals surface area contributed by atoms with E-state index in [0.717, 1.165) is 48.9 Å². The molecule has 8 heteroatoms. The summed E-state index contributed by atoms with van der Waals surface area (Å²) in [6.07, 6.45) is 5.14. The van der Waals surface area contributed by atoms with Crippen LogP contribution in [-0.2, 0) is 16.0 Å². The van der Waals surface area contributed by atoms with Crippen LogP contribution >= 0.6 is 0 Å². The molecule has 198 valence electrons. The molecule has 2 N–H and O–H groups in total. The summed E-state index contributed by atoms with van der Waals surface area (Å²) in [4.78, 5) is 30.0. The van der Waals surface area contributed by atoms with Crippen molar-refractivity contribution < 1.29 is 23.8 Å². The van der Waals surface area contributed by atoms with Gasteiger partial charge in [0.05, 0.1) is 36.3 Å². The summed E-state index contributed by atoms with van der Waals surface area (Å²) in [5.74, 6) is 4.88. The number of likely N-dealkylation sites (tertiary alicyclic amines) is 1. The number of carbonyl (C=O) groups excluding carboxylic acids is 1. The molecule has 0 spiro atoms. The quantitative estimate of drug-likeness (QED) is 0.420. The highest BCUT2D eigenvalue weighted by Crippen LogP contribution is 2.30. The van der Waals surface area contributed by atoms with Gasteiger partial charge in [0, 0.05) is 25.1 Å². The van der Waals surface area contributed by atoms with E-state index < -0.39 is 17.7 Å². The Morgan fingerprint density at radius 2 is 2.08 bits per heavy atom. The van der Waals surface area contributed by atoms with Crippen LogP contribution in [0.25, 0.3) is 10.9 Å². The van der Waals surface area contributed by atoms with E-state index in [0.29, 0.717) is 24.3 Å². The highest BCUT2D eigenvalue weighted by atomic mass is 19.1. The second-order valence-electron chi connectivity index (χ2n) is 9.65. The average Bonchev–Trinajstić information content (AvgIpc) is 2.90. The summed E-state index contributed by atoms with van der Waals surface area (Å²) in [5, 5.41) is 13.6. The molecule has 2 heterocycles. The number of fused-ring (bicyclic) bond motifs is 1. The number of carboxylic acids is 1. The number of pyridine rings is 1. The molecule has 1 aliphatic rings. The molecule has 1 saturated heterocycles. The van der Waals surface area contributed by atoms with E-state index in [1.807, 2.05) is 35.4 Å². The van der Waals surface area contributed by atoms with Crippen LogP contribution in [0, 0.1) is 29.5 Å². The molecule has 38 heavy (non-hydrogen) atoms. The second-order valence-corrected chi connectivity index (χ2v) is 9.65. The first-order valence-corrected chi connectivity index (χ1v) is 12.8. The zero-order chi connectivity index (χ0) is 27.1. The van der Waals surface area contributed by atoms with Gasteiger partial charge in [0.1, 0.15) is 11.6 Å². The lowest BCUT2D eigenvalue weighted by Gasteiger charge is -2.35. The number of nitrogens with one attached hydrogen (secondary N) is 1. The number of methoxy groups -OCH3 is 1. The number of benzene rings is 2. The number of rotatable bonds is 8. The highest BCUT2D eigenvalue weighted by molar-refractivity contribution is 5.90. The smallest absolute Gasteiger partial charge is 0.308 e. The number of aryl methyl sites for hydroxylation is 1. The Hall–Kier alpha value is -3.96. The van der Waals surface area contributed by atoms with Crippen molar-refractivity contribution in [1.82, 2.24) is 9.88 Å². The van der Waals surface area contributed by atoms with E-state index in [1.165, 1.54) is 30.7 Å². The summed E-state index contributed by atoms with van der Waals surface area (Å²) in [5.41, 5.74) is 2.95. The van der Waals surface area contributed by atoms with E-state index in [1.54, 1.807) is 7.11 Å². The number of anilines is 1. The number of hydrogen-bond donors (Lipinski definition) is 2. The normalized spacial score (nSPS) is 17.4. The Morgan fingerprint density at radius 3 is 2.84 bits per heavy atom. The molecule has 1 fully saturated rings. The number of ether oxygens (including phenoxy) is 1. The fourth-order valence-corrected chi connectivity index (χ4v) is 5.08. The number of hydrogen-bond acceptors (Lipinski definition) is 5. The van der Waals surface area contributed by atoms with Gasteiger partial charge >= 0.3 is 5.97 Å². The molecule has 0 radical (unpaired) electrons. The topological polar surface area (TPSA) is 91.8 Å². The molecular formula is C30H32FN3O4. The molecule has 0 aliphatic carbocycles. The summed E-state index contributed by atoms with van der Waals surface area (Å²) < 4.78 is 19.1. The molecular weight excluding hydrogens is 485 g/mol. The second kappa shape index (κ2) is 12.5. The lowest BCUT2D eigenvalue weighted by atomic mass is 9.81. The summed E-state index contributed by atoms with van der Waals surface area (Å²) in [6.45, 7) is 2.93. The van der Waals surface area contributed by atoms with Gasteiger partial charge in [-0.25, -0.2) is 4.39 Å². The van der Waals surface area contributed by atoms with Crippen molar-refractivity contribution >= 4 is 28.5 Å². The molecule has 7 nitrogen and oxygen atoms in total. The van der Waals surface area contributed by atoms with Crippen LogP contribution in [0.2, 0.25) is 0 Å². The third kappa shape index (κ3) is 6.87. The van der Waals surface area contributed by atoms with E-state index in [9.17, 15) is 19.1 Å². The summed E-state index contributed by atoms with van der Waals surface area (Å²) >= 11 is 0. The van der Waals surface area contributed by atoms with Crippen molar-refractivity contribution in [3.8, 4) is 17.6 Å². The van der Waals surface area contributed by atoms with E-state index in [2.05, 4.69) is 22.1 Å². The van der Waals surface area contributed by atoms with Gasteiger partial charge in [-0.15, -0.1) is 0 Å². The molecule has 0 bridgehead atoms. The maximum atomic E-state index is 13.7. The van der Waals surface area contributed by atoms with Gasteiger partial charge in [-0.3, -0.25) is 19.5 Å². The van der Waals surface area contributed by atoms with Gasteiger partial charge < -0.3 is 15.2 Å². The van der Waals surface area contributed by atoms with Gasteiger partial charge in [0.15, 0.2) is 0 Å². The SMILES string of the molecule is COc1ccc2nccc(CCC[C@@H]3CCN(CC#Cc4cc(F)ccc4NC(C)=O)C[C@@H]3C(=O)O)c2c1. The maximum Gasteiger partial charge on any atom is 0.308 e. The molecule has 1 amide bonds. The number of carbonyl (C=O) groups is 2. The minimum absolute atomic E-state index is 0.0916. The third-order valence-corrected chi connectivity index (χ3v) is 7.04. The van der Waals surface area contributed by atoms with Gasteiger partial charge in [-0.1, -0.05) is 11.8 Å². The summed E-state index contributed by atoms with van der Waals surface area (Å²) in [6, 6.07) is 11.9. The minimum Gasteiger partial charge on any atom is -0.497 e. The largest absolute Gasteiger partial charge is 0.497 e. The van der Waals surface area contributed by atoms with Crippen molar-refractivity contribution in [2.24, 2.45) is 11.8 Å². The van der Waals surface area contributed by atoms with Crippen molar-refractivity contribution in [2.75, 3.05) is 32.1 Å². The van der Waals surface area contributed by atoms with Crippen molar-refractivity contribution in [3.05, 3.63) is 65.6 Å². The Bertz CT molecular complexity index is 1380. The van der Waals surface area contributed by atoms with E-state index >= 15 is 0 Å². The first-order chi connectivity index (χ1) is 18.3. The molecule has 0 saturated carbocycles. The van der Waals surface area contributed by atoms with Gasteiger partial charge in [0.25, 0.3) is 0 Å². The van der Waals surface area contributed by atoms with Crippen LogP contribution < -0.4 is 10.1 Å². The predicted molar refractivity (Wildman–Crippen MR) is 144 cm³/mol. The molecule has 1 aromatic heterocycles. The fourth-order valence-electron chi connectivity index (χ4n) is 5.08. The molecule has 2 aromatic carbocycles. The van der Waals surface area contributed by atoms with Crippen LogP contribution in [0.5, 0.6) is 5.75 Å². The standard InChI is InChI=1S/C30H32FN3O4/c1-20(35)33-28-10-8-24(31)17-23(28)7-4-15-34-16-13-22(27(19-34)30(36)37)6-3-5-21-12-14-32-29-11-9-25(38-2)18-26(21)29/h8-12,14,17-18,22,27H,3,5-6,13,15-16,19H2,1-2H3,(H,33,35)(H,36,37)/t22-,27+/m1/s1. The number of aliphatic carboxylic acids is 1. The van der Waals surface area contributed by atoms with Gasteiger partial charge in [0.2, 0.25) is 5.91 Å². The van der Waals surface area contributed by atoms with Crippen LogP contribution in [0.15, 0.2) is 48.7 Å². The average molecular weight is 518 g/mol. The number of piperidine rings is 1. The van der Waals surface area contributed by atoms with Crippen molar-refractivity contribution in [2.45, 2.75) is 32.6 Å². The zero-order valence-corrected chi connectivity index (χ0v) is 21.7. The van der Waals surface area contributed by atoms with Crippen LogP contribution in [-0.4, -0.2) is 53.6 Å². The van der Waals surface area contributed by atoms with E-state index in [-0.39, 0.29) is 11.8 Å². The van der Waals surface area contributed by atoms with Crippen LogP contribution in [0.4, 0.5) is 10.1 Å². The number of amides is 1. The lowest BCUT2D eigenvalue weighted by molar-refractivity contribution is -0.146. The Labute approximate surface area is 222 Å². The predicted octanol–water partition coefficient (Wildman–Crippen LogP) is 4.74. The molecule has 1 aliphatic heterocycles. The molecule has 3 aromatic rings. The van der Waals surface area contributed by atoms with Gasteiger partial charge in [-0.05, 0) is 86.2 Å². The first kappa shape index (κ1) is 27.1. The lowest BCUT2D eigenvalue weighted by Crippen LogP contribution is -2.44. The van der Waals surface area contributed by atoms with Crippen LogP contribution in [0.1, 0.15) is 37.3 Å². The van der Waals surface area contributed by atoms with Crippen molar-refractivity contribution in [1.29, 1.82) is 0 Å². The number of halogens is 1. The monoisotopic (exact) mass is 517 g/mol. The van der Waals surface area contributed by atoms with E-state index in [4.69, 9.17) is 4.74 Å². The van der Waals surface area contributed by atoms with Gasteiger partial charge in [-0.2, -0.15) is 0 Å².